The summed E-state index contributed by atoms with van der Waals surface area (Å²) in [6, 6.07) is 26.0. The lowest BCUT2D eigenvalue weighted by molar-refractivity contribution is -0.130. The Morgan fingerprint density at radius 1 is 0.879 bits per heavy atom. The van der Waals surface area contributed by atoms with Crippen LogP contribution in [0.2, 0.25) is 0 Å². The highest BCUT2D eigenvalue weighted by atomic mass is 16.2. The summed E-state index contributed by atoms with van der Waals surface area (Å²) in [5, 5.41) is 1.24. The van der Waals surface area contributed by atoms with Crippen molar-refractivity contribution in [3.8, 4) is 0 Å². The van der Waals surface area contributed by atoms with E-state index in [1.807, 2.05) is 4.90 Å². The molecule has 1 aromatic heterocycles. The van der Waals surface area contributed by atoms with Gasteiger partial charge in [0.2, 0.25) is 5.91 Å². The van der Waals surface area contributed by atoms with Gasteiger partial charge >= 0.3 is 0 Å². The second-order valence-corrected chi connectivity index (χ2v) is 9.47. The molecule has 3 nitrogen and oxygen atoms in total. The largest absolute Gasteiger partial charge is 0.343 e. The van der Waals surface area contributed by atoms with E-state index in [-0.39, 0.29) is 11.8 Å². The Balaban J connectivity index is 1.57. The van der Waals surface area contributed by atoms with Crippen LogP contribution in [0.4, 0.5) is 0 Å². The molecule has 2 heterocycles. The van der Waals surface area contributed by atoms with Crippen molar-refractivity contribution < 1.29 is 4.79 Å². The predicted molar refractivity (Wildman–Crippen MR) is 136 cm³/mol. The van der Waals surface area contributed by atoms with Gasteiger partial charge in [0, 0.05) is 49.1 Å². The van der Waals surface area contributed by atoms with Gasteiger partial charge in [-0.15, -0.1) is 0 Å². The zero-order valence-corrected chi connectivity index (χ0v) is 19.6. The Morgan fingerprint density at radius 2 is 1.64 bits per heavy atom. The second-order valence-electron chi connectivity index (χ2n) is 9.47. The van der Waals surface area contributed by atoms with E-state index in [9.17, 15) is 4.79 Å². The molecule has 33 heavy (non-hydrogen) atoms. The lowest BCUT2D eigenvalue weighted by Gasteiger charge is -2.22. The molecule has 1 saturated heterocycles. The minimum Gasteiger partial charge on any atom is -0.343 e. The molecule has 1 aliphatic rings. The molecule has 0 spiro atoms. The van der Waals surface area contributed by atoms with Gasteiger partial charge < -0.3 is 9.47 Å². The summed E-state index contributed by atoms with van der Waals surface area (Å²) < 4.78 is 2.35. The molecule has 4 aromatic rings. The number of aromatic nitrogens is 1. The first-order chi connectivity index (χ1) is 16.1. The van der Waals surface area contributed by atoms with Gasteiger partial charge in [0.25, 0.3) is 0 Å². The molecule has 168 valence electrons. The molecule has 0 radical (unpaired) electrons. The molecule has 1 fully saturated rings. The number of rotatable bonds is 6. The molecule has 3 heteroatoms. The number of benzene rings is 3. The number of amides is 1. The van der Waals surface area contributed by atoms with Crippen LogP contribution in [-0.2, 0) is 11.3 Å². The van der Waals surface area contributed by atoms with Crippen molar-refractivity contribution in [3.05, 3.63) is 107 Å². The Bertz CT molecular complexity index is 1260. The fraction of sp³-hybridized carbons (Fsp3) is 0.300. The van der Waals surface area contributed by atoms with Crippen LogP contribution in [0.3, 0.4) is 0 Å². The van der Waals surface area contributed by atoms with Crippen LogP contribution in [0.5, 0.6) is 0 Å². The maximum Gasteiger partial charge on any atom is 0.223 e. The summed E-state index contributed by atoms with van der Waals surface area (Å²) in [6.45, 7) is 6.87. The Hall–Kier alpha value is -3.33. The summed E-state index contributed by atoms with van der Waals surface area (Å²) in [5.41, 5.74) is 7.48. The van der Waals surface area contributed by atoms with E-state index in [0.29, 0.717) is 6.42 Å². The van der Waals surface area contributed by atoms with E-state index in [1.54, 1.807) is 0 Å². The fourth-order valence-corrected chi connectivity index (χ4v) is 5.14. The third-order valence-corrected chi connectivity index (χ3v) is 6.95. The first kappa shape index (κ1) is 21.5. The molecule has 1 atom stereocenters. The van der Waals surface area contributed by atoms with Crippen molar-refractivity contribution in [1.82, 2.24) is 9.47 Å². The monoisotopic (exact) mass is 436 g/mol. The number of aryl methyl sites for hydroxylation is 2. The molecule has 5 rings (SSSR count). The average Bonchev–Trinajstić information content (AvgIpc) is 3.48. The van der Waals surface area contributed by atoms with Crippen LogP contribution in [-0.4, -0.2) is 28.5 Å². The summed E-state index contributed by atoms with van der Waals surface area (Å²) in [5.74, 6) is 0.316. The zero-order valence-electron chi connectivity index (χ0n) is 19.6. The van der Waals surface area contributed by atoms with E-state index >= 15 is 0 Å². The summed E-state index contributed by atoms with van der Waals surface area (Å²) in [7, 11) is 0. The standard InChI is InChI=1S/C30H32N2O/c1-22-12-14-24(15-13-22)20-32-21-28(26-10-3-4-11-29(26)32)27(25-9-7-8-23(2)18-25)19-30(33)31-16-5-6-17-31/h3-4,7-15,18,21,27H,5-6,16-17,19-20H2,1-2H3. The van der Waals surface area contributed by atoms with Crippen LogP contribution in [0.1, 0.15) is 53.0 Å². The van der Waals surface area contributed by atoms with E-state index in [0.717, 1.165) is 32.5 Å². The molecule has 3 aromatic carbocycles. The maximum absolute atomic E-state index is 13.3. The van der Waals surface area contributed by atoms with Gasteiger partial charge in [-0.2, -0.15) is 0 Å². The van der Waals surface area contributed by atoms with Gasteiger partial charge in [-0.25, -0.2) is 0 Å². The highest BCUT2D eigenvalue weighted by Crippen LogP contribution is 2.36. The van der Waals surface area contributed by atoms with Crippen molar-refractivity contribution in [2.45, 2.75) is 45.6 Å². The summed E-state index contributed by atoms with van der Waals surface area (Å²) >= 11 is 0. The molecule has 0 N–H and O–H groups in total. The normalized spacial score (nSPS) is 14.7. The number of hydrogen-bond donors (Lipinski definition) is 0. The van der Waals surface area contributed by atoms with Crippen molar-refractivity contribution >= 4 is 16.8 Å². The number of carbonyl (C=O) groups is 1. The van der Waals surface area contributed by atoms with Crippen molar-refractivity contribution in [2.24, 2.45) is 0 Å². The van der Waals surface area contributed by atoms with Gasteiger partial charge in [0.1, 0.15) is 0 Å². The number of likely N-dealkylation sites (tertiary alicyclic amines) is 1. The lowest BCUT2D eigenvalue weighted by atomic mass is 9.87. The van der Waals surface area contributed by atoms with Crippen molar-refractivity contribution in [2.75, 3.05) is 13.1 Å². The van der Waals surface area contributed by atoms with Gasteiger partial charge in [0.05, 0.1) is 0 Å². The number of nitrogens with zero attached hydrogens (tertiary/aromatic N) is 2. The number of fused-ring (bicyclic) bond motifs is 1. The minimum absolute atomic E-state index is 0.0437. The highest BCUT2D eigenvalue weighted by molar-refractivity contribution is 5.87. The SMILES string of the molecule is Cc1ccc(Cn2cc(C(CC(=O)N3CCCC3)c3cccc(C)c3)c3ccccc32)cc1. The number of carbonyl (C=O) groups excluding carboxylic acids is 1. The molecular weight excluding hydrogens is 404 g/mol. The third kappa shape index (κ3) is 4.59. The van der Waals surface area contributed by atoms with Crippen LogP contribution >= 0.6 is 0 Å². The van der Waals surface area contributed by atoms with E-state index < -0.39 is 0 Å². The summed E-state index contributed by atoms with van der Waals surface area (Å²) in [4.78, 5) is 15.3. The highest BCUT2D eigenvalue weighted by Gasteiger charge is 2.26. The fourth-order valence-electron chi connectivity index (χ4n) is 5.14. The smallest absolute Gasteiger partial charge is 0.223 e. The first-order valence-corrected chi connectivity index (χ1v) is 12.1. The van der Waals surface area contributed by atoms with Gasteiger partial charge in [-0.1, -0.05) is 77.9 Å². The average molecular weight is 437 g/mol. The zero-order chi connectivity index (χ0) is 22.8. The Morgan fingerprint density at radius 3 is 2.39 bits per heavy atom. The topological polar surface area (TPSA) is 25.2 Å². The first-order valence-electron chi connectivity index (χ1n) is 12.1. The lowest BCUT2D eigenvalue weighted by Crippen LogP contribution is -2.29. The molecule has 0 bridgehead atoms. The molecule has 0 aliphatic carbocycles. The molecular formula is C30H32N2O. The van der Waals surface area contributed by atoms with Gasteiger partial charge in [0.15, 0.2) is 0 Å². The van der Waals surface area contributed by atoms with E-state index in [1.165, 1.54) is 38.7 Å². The number of hydrogen-bond acceptors (Lipinski definition) is 1. The van der Waals surface area contributed by atoms with Crippen LogP contribution in [0, 0.1) is 13.8 Å². The van der Waals surface area contributed by atoms with Crippen LogP contribution < -0.4 is 0 Å². The van der Waals surface area contributed by atoms with Gasteiger partial charge in [-0.3, -0.25) is 4.79 Å². The molecule has 1 aliphatic heterocycles. The minimum atomic E-state index is 0.0437. The van der Waals surface area contributed by atoms with Crippen LogP contribution in [0.15, 0.2) is 79.0 Å². The van der Waals surface area contributed by atoms with Crippen molar-refractivity contribution in [3.63, 3.8) is 0 Å². The van der Waals surface area contributed by atoms with E-state index in [2.05, 4.69) is 97.4 Å². The molecule has 1 unspecified atom stereocenters. The third-order valence-electron chi connectivity index (χ3n) is 6.95. The summed E-state index contributed by atoms with van der Waals surface area (Å²) in [6.07, 6.45) is 5.05. The predicted octanol–water partition coefficient (Wildman–Crippen LogP) is 6.45. The van der Waals surface area contributed by atoms with Gasteiger partial charge in [-0.05, 0) is 49.4 Å². The van der Waals surface area contributed by atoms with Crippen LogP contribution in [0.25, 0.3) is 10.9 Å². The maximum atomic E-state index is 13.3. The Labute approximate surface area is 196 Å². The Kier molecular flexibility index (Phi) is 6.04. The van der Waals surface area contributed by atoms with E-state index in [4.69, 9.17) is 0 Å². The number of para-hydroxylation sites is 1. The molecule has 1 amide bonds. The second kappa shape index (κ2) is 9.27. The molecule has 0 saturated carbocycles. The quantitative estimate of drug-likeness (QED) is 0.341. The van der Waals surface area contributed by atoms with Crippen molar-refractivity contribution in [1.29, 1.82) is 0 Å².